The smallest absolute Gasteiger partial charge is 0.319 e. The topological polar surface area (TPSA) is 70.0 Å². The summed E-state index contributed by atoms with van der Waals surface area (Å²) in [4.78, 5) is 17.3. The summed E-state index contributed by atoms with van der Waals surface area (Å²) < 4.78 is 11.0. The van der Waals surface area contributed by atoms with E-state index in [0.717, 1.165) is 48.9 Å². The number of nitrogens with one attached hydrogen (secondary N) is 2. The zero-order valence-electron chi connectivity index (χ0n) is 19.5. The molecule has 2 aromatic carbocycles. The van der Waals surface area contributed by atoms with E-state index in [1.54, 1.807) is 13.4 Å². The minimum atomic E-state index is -0.216. The number of benzene rings is 2. The fourth-order valence-corrected chi connectivity index (χ4v) is 4.16. The molecule has 33 heavy (non-hydrogen) atoms. The lowest BCUT2D eigenvalue weighted by molar-refractivity contribution is 0.162. The van der Waals surface area contributed by atoms with Crippen molar-refractivity contribution >= 4 is 17.4 Å². The molecule has 0 aliphatic carbocycles. The van der Waals surface area contributed by atoms with Crippen LogP contribution in [0, 0.1) is 13.8 Å². The summed E-state index contributed by atoms with van der Waals surface area (Å²) >= 11 is 0. The van der Waals surface area contributed by atoms with Gasteiger partial charge < -0.3 is 24.7 Å². The Bertz CT molecular complexity index is 1040. The number of anilines is 2. The second-order valence-electron chi connectivity index (χ2n) is 8.39. The first-order chi connectivity index (χ1) is 16.0. The molecule has 174 valence electrons. The molecule has 0 radical (unpaired) electrons. The fourth-order valence-electron chi connectivity index (χ4n) is 4.16. The van der Waals surface area contributed by atoms with Crippen molar-refractivity contribution in [3.05, 3.63) is 77.7 Å². The van der Waals surface area contributed by atoms with Gasteiger partial charge in [0.15, 0.2) is 0 Å². The number of ether oxygens (including phenoxy) is 1. The monoisotopic (exact) mass is 448 g/mol. The average Bonchev–Trinajstić information content (AvgIpc) is 3.37. The zero-order valence-corrected chi connectivity index (χ0v) is 19.5. The molecule has 1 unspecified atom stereocenters. The first-order valence-electron chi connectivity index (χ1n) is 11.3. The Morgan fingerprint density at radius 2 is 1.79 bits per heavy atom. The summed E-state index contributed by atoms with van der Waals surface area (Å²) in [5.41, 5.74) is 4.33. The molecular weight excluding hydrogens is 416 g/mol. The van der Waals surface area contributed by atoms with Crippen molar-refractivity contribution in [3.8, 4) is 5.75 Å². The number of urea groups is 1. The van der Waals surface area contributed by atoms with E-state index in [4.69, 9.17) is 9.15 Å². The van der Waals surface area contributed by atoms with Gasteiger partial charge in [-0.15, -0.1) is 0 Å². The lowest BCUT2D eigenvalue weighted by Gasteiger charge is -2.39. The summed E-state index contributed by atoms with van der Waals surface area (Å²) in [6, 6.07) is 17.7. The number of piperazine rings is 1. The van der Waals surface area contributed by atoms with E-state index >= 15 is 0 Å². The van der Waals surface area contributed by atoms with Crippen LogP contribution in [0.4, 0.5) is 16.2 Å². The van der Waals surface area contributed by atoms with E-state index in [1.165, 1.54) is 11.3 Å². The van der Waals surface area contributed by atoms with E-state index in [-0.39, 0.29) is 12.1 Å². The predicted octanol–water partition coefficient (Wildman–Crippen LogP) is 4.59. The predicted molar refractivity (Wildman–Crippen MR) is 131 cm³/mol. The second kappa shape index (κ2) is 10.4. The molecule has 0 bridgehead atoms. The third-order valence-electron chi connectivity index (χ3n) is 6.28. The Labute approximate surface area is 195 Å². The maximum absolute atomic E-state index is 12.6. The van der Waals surface area contributed by atoms with Crippen LogP contribution < -0.4 is 20.3 Å². The Kier molecular flexibility index (Phi) is 7.19. The second-order valence-corrected chi connectivity index (χ2v) is 8.39. The Morgan fingerprint density at radius 1 is 1.03 bits per heavy atom. The summed E-state index contributed by atoms with van der Waals surface area (Å²) in [5.74, 6) is 1.72. The highest BCUT2D eigenvalue weighted by Crippen LogP contribution is 2.25. The highest BCUT2D eigenvalue weighted by atomic mass is 16.5. The van der Waals surface area contributed by atoms with Gasteiger partial charge in [0.1, 0.15) is 11.5 Å². The molecule has 7 nitrogen and oxygen atoms in total. The molecule has 1 saturated heterocycles. The minimum absolute atomic E-state index is 0.0245. The van der Waals surface area contributed by atoms with Crippen LogP contribution in [0.15, 0.2) is 65.3 Å². The summed E-state index contributed by atoms with van der Waals surface area (Å²) in [6.45, 7) is 8.11. The quantitative estimate of drug-likeness (QED) is 0.553. The van der Waals surface area contributed by atoms with Gasteiger partial charge in [-0.3, -0.25) is 4.90 Å². The van der Waals surface area contributed by atoms with Crippen LogP contribution >= 0.6 is 0 Å². The third kappa shape index (κ3) is 5.68. The molecule has 1 aliphatic heterocycles. The van der Waals surface area contributed by atoms with E-state index in [1.807, 2.05) is 49.4 Å². The van der Waals surface area contributed by atoms with Crippen LogP contribution in [0.1, 0.15) is 22.9 Å². The van der Waals surface area contributed by atoms with Crippen LogP contribution in [-0.4, -0.2) is 50.8 Å². The summed E-state index contributed by atoms with van der Waals surface area (Å²) in [6.07, 6.45) is 1.69. The first kappa shape index (κ1) is 22.7. The Morgan fingerprint density at radius 3 is 2.42 bits per heavy atom. The molecule has 1 atom stereocenters. The number of amides is 2. The molecule has 1 fully saturated rings. The van der Waals surface area contributed by atoms with Crippen molar-refractivity contribution in [1.29, 1.82) is 0 Å². The van der Waals surface area contributed by atoms with Crippen LogP contribution in [0.2, 0.25) is 0 Å². The van der Waals surface area contributed by atoms with Crippen molar-refractivity contribution in [2.24, 2.45) is 0 Å². The lowest BCUT2D eigenvalue weighted by atomic mass is 10.1. The molecule has 0 saturated carbocycles. The molecule has 2 heterocycles. The first-order valence-corrected chi connectivity index (χ1v) is 11.3. The highest BCUT2D eigenvalue weighted by Gasteiger charge is 2.27. The molecule has 2 amide bonds. The fraction of sp³-hybridized carbons (Fsp3) is 0.346. The van der Waals surface area contributed by atoms with Crippen molar-refractivity contribution in [2.75, 3.05) is 50.1 Å². The zero-order chi connectivity index (χ0) is 23.2. The van der Waals surface area contributed by atoms with Crippen LogP contribution in [0.3, 0.4) is 0 Å². The number of nitrogens with zero attached hydrogens (tertiary/aromatic N) is 2. The molecule has 7 heteroatoms. The number of hydrogen-bond acceptors (Lipinski definition) is 5. The molecule has 2 N–H and O–H groups in total. The van der Waals surface area contributed by atoms with E-state index < -0.39 is 0 Å². The van der Waals surface area contributed by atoms with Crippen molar-refractivity contribution < 1.29 is 13.9 Å². The molecule has 3 aromatic rings. The van der Waals surface area contributed by atoms with Gasteiger partial charge in [0.25, 0.3) is 0 Å². The number of rotatable bonds is 7. The maximum atomic E-state index is 12.6. The molecular formula is C26H32N4O3. The van der Waals surface area contributed by atoms with E-state index in [0.29, 0.717) is 6.54 Å². The lowest BCUT2D eigenvalue weighted by Crippen LogP contribution is -2.50. The number of carbonyl (C=O) groups excluding carboxylic acids is 1. The van der Waals surface area contributed by atoms with Crippen molar-refractivity contribution in [3.63, 3.8) is 0 Å². The number of carbonyl (C=O) groups is 1. The Hall–Kier alpha value is -3.45. The van der Waals surface area contributed by atoms with Gasteiger partial charge in [0, 0.05) is 44.1 Å². The molecule has 1 aliphatic rings. The van der Waals surface area contributed by atoms with Gasteiger partial charge in [-0.1, -0.05) is 6.07 Å². The van der Waals surface area contributed by atoms with Crippen molar-refractivity contribution in [2.45, 2.75) is 19.9 Å². The number of hydrogen-bond donors (Lipinski definition) is 2. The van der Waals surface area contributed by atoms with Gasteiger partial charge in [-0.2, -0.15) is 0 Å². The van der Waals surface area contributed by atoms with Crippen LogP contribution in [0.5, 0.6) is 5.75 Å². The third-order valence-corrected chi connectivity index (χ3v) is 6.28. The van der Waals surface area contributed by atoms with Gasteiger partial charge in [-0.05, 0) is 73.5 Å². The summed E-state index contributed by atoms with van der Waals surface area (Å²) in [5, 5.41) is 5.96. The average molecular weight is 449 g/mol. The maximum Gasteiger partial charge on any atom is 0.319 e. The standard InChI is InChI=1S/C26H32N4O3/c1-19-6-7-21(17-20(19)2)28-26(31)27-18-24(25-5-4-16-33-25)30-14-12-29(13-15-30)22-8-10-23(32-3)11-9-22/h4-11,16-17,24H,12-15,18H2,1-3H3,(H2,27,28,31). The van der Waals surface area contributed by atoms with Crippen LogP contribution in [-0.2, 0) is 0 Å². The highest BCUT2D eigenvalue weighted by molar-refractivity contribution is 5.89. The van der Waals surface area contributed by atoms with E-state index in [2.05, 4.69) is 39.5 Å². The van der Waals surface area contributed by atoms with Gasteiger partial charge in [0.05, 0.1) is 19.4 Å². The van der Waals surface area contributed by atoms with Gasteiger partial charge in [-0.25, -0.2) is 4.79 Å². The number of furan rings is 1. The van der Waals surface area contributed by atoms with E-state index in [9.17, 15) is 4.79 Å². The van der Waals surface area contributed by atoms with Gasteiger partial charge in [0.2, 0.25) is 0 Å². The van der Waals surface area contributed by atoms with Crippen LogP contribution in [0.25, 0.3) is 0 Å². The normalized spacial score (nSPS) is 15.2. The largest absolute Gasteiger partial charge is 0.497 e. The summed E-state index contributed by atoms with van der Waals surface area (Å²) in [7, 11) is 1.68. The molecule has 4 rings (SSSR count). The Balaban J connectivity index is 1.35. The van der Waals surface area contributed by atoms with Crippen molar-refractivity contribution in [1.82, 2.24) is 10.2 Å². The SMILES string of the molecule is COc1ccc(N2CCN(C(CNC(=O)Nc3ccc(C)c(C)c3)c3ccco3)CC2)cc1. The minimum Gasteiger partial charge on any atom is -0.497 e. The number of methoxy groups -OCH3 is 1. The number of aryl methyl sites for hydroxylation is 2. The molecule has 1 aromatic heterocycles. The molecule has 0 spiro atoms. The van der Waals surface area contributed by atoms with Gasteiger partial charge >= 0.3 is 6.03 Å².